The van der Waals surface area contributed by atoms with Gasteiger partial charge in [-0.05, 0) is 31.2 Å². The predicted molar refractivity (Wildman–Crippen MR) is 49.8 cm³/mol. The van der Waals surface area contributed by atoms with Crippen molar-refractivity contribution in [1.29, 1.82) is 0 Å². The Labute approximate surface area is 77.7 Å². The van der Waals surface area contributed by atoms with Gasteiger partial charge in [-0.15, -0.1) is 0 Å². The second kappa shape index (κ2) is 3.32. The van der Waals surface area contributed by atoms with Crippen molar-refractivity contribution in [2.75, 3.05) is 0 Å². The van der Waals surface area contributed by atoms with Crippen molar-refractivity contribution in [3.05, 3.63) is 17.5 Å². The van der Waals surface area contributed by atoms with Crippen molar-refractivity contribution in [3.8, 4) is 0 Å². The Bertz CT molecular complexity index is 328. The minimum atomic E-state index is 0.0307. The smallest absolute Gasteiger partial charge is 0.243 e. The average molecular weight is 178 g/mol. The van der Waals surface area contributed by atoms with E-state index in [0.29, 0.717) is 0 Å². The molecule has 2 rings (SSSR count). The molecule has 0 saturated carbocycles. The van der Waals surface area contributed by atoms with Gasteiger partial charge in [0.1, 0.15) is 0 Å². The van der Waals surface area contributed by atoms with E-state index in [1.54, 1.807) is 11.6 Å². The summed E-state index contributed by atoms with van der Waals surface area (Å²) in [5, 5.41) is 4.11. The number of aryl methyl sites for hydroxylation is 1. The molecule has 1 aliphatic carbocycles. The summed E-state index contributed by atoms with van der Waals surface area (Å²) in [5.74, 6) is 0.0307. The third kappa shape index (κ3) is 1.50. The molecule has 0 fully saturated rings. The van der Waals surface area contributed by atoms with Crippen LogP contribution in [0.15, 0.2) is 6.20 Å². The summed E-state index contributed by atoms with van der Waals surface area (Å²) in [7, 11) is 0. The van der Waals surface area contributed by atoms with Gasteiger partial charge in [-0.25, -0.2) is 4.68 Å². The highest BCUT2D eigenvalue weighted by atomic mass is 16.2. The van der Waals surface area contributed by atoms with Crippen LogP contribution in [0.1, 0.15) is 42.2 Å². The number of rotatable bonds is 0. The van der Waals surface area contributed by atoms with Crippen molar-refractivity contribution < 1.29 is 4.79 Å². The molecule has 0 aliphatic heterocycles. The molecule has 1 heterocycles. The number of aromatic nitrogens is 2. The van der Waals surface area contributed by atoms with Crippen LogP contribution in [0.3, 0.4) is 0 Å². The van der Waals surface area contributed by atoms with Gasteiger partial charge in [0, 0.05) is 6.92 Å². The Kier molecular flexibility index (Phi) is 2.17. The first-order valence-corrected chi connectivity index (χ1v) is 4.86. The Balaban J connectivity index is 2.39. The van der Waals surface area contributed by atoms with E-state index in [1.165, 1.54) is 24.8 Å². The second-order valence-corrected chi connectivity index (χ2v) is 3.61. The number of nitrogens with zero attached hydrogens (tertiary/aromatic N) is 2. The summed E-state index contributed by atoms with van der Waals surface area (Å²) >= 11 is 0. The molecule has 0 radical (unpaired) electrons. The normalized spacial score (nSPS) is 16.4. The molecule has 1 aliphatic rings. The molecule has 0 unspecified atom stereocenters. The molecular weight excluding hydrogens is 164 g/mol. The van der Waals surface area contributed by atoms with Crippen LogP contribution in [-0.2, 0) is 12.8 Å². The van der Waals surface area contributed by atoms with Crippen molar-refractivity contribution in [2.24, 2.45) is 0 Å². The minimum Gasteiger partial charge on any atom is -0.273 e. The van der Waals surface area contributed by atoms with Crippen LogP contribution in [0.5, 0.6) is 0 Å². The van der Waals surface area contributed by atoms with E-state index < -0.39 is 0 Å². The molecule has 0 aromatic carbocycles. The Morgan fingerprint density at radius 3 is 2.92 bits per heavy atom. The molecule has 13 heavy (non-hydrogen) atoms. The maximum absolute atomic E-state index is 11.2. The lowest BCUT2D eigenvalue weighted by Crippen LogP contribution is -2.11. The summed E-state index contributed by atoms with van der Waals surface area (Å²) in [4.78, 5) is 11.2. The first kappa shape index (κ1) is 8.48. The molecule has 0 saturated heterocycles. The van der Waals surface area contributed by atoms with Crippen LogP contribution in [-0.4, -0.2) is 15.7 Å². The molecule has 0 spiro atoms. The van der Waals surface area contributed by atoms with Gasteiger partial charge >= 0.3 is 0 Å². The third-order valence-corrected chi connectivity index (χ3v) is 2.61. The first-order valence-electron chi connectivity index (χ1n) is 4.86. The lowest BCUT2D eigenvalue weighted by molar-refractivity contribution is 0.0917. The lowest BCUT2D eigenvalue weighted by atomic mass is 10.1. The van der Waals surface area contributed by atoms with E-state index in [9.17, 15) is 4.79 Å². The molecule has 0 bridgehead atoms. The molecule has 3 heteroatoms. The van der Waals surface area contributed by atoms with E-state index >= 15 is 0 Å². The van der Waals surface area contributed by atoms with Crippen LogP contribution in [0.2, 0.25) is 0 Å². The van der Waals surface area contributed by atoms with E-state index in [1.807, 2.05) is 6.20 Å². The summed E-state index contributed by atoms with van der Waals surface area (Å²) < 4.78 is 1.56. The molecule has 1 aromatic rings. The first-order chi connectivity index (χ1) is 6.29. The third-order valence-electron chi connectivity index (χ3n) is 2.61. The second-order valence-electron chi connectivity index (χ2n) is 3.61. The standard InChI is InChI=1S/C10H14N2O/c1-8(13)12-10-6-4-2-3-5-9(10)7-11-12/h7H,2-6H2,1H3. The fourth-order valence-electron chi connectivity index (χ4n) is 1.94. The number of carbonyl (C=O) groups excluding carboxylic acids is 1. The topological polar surface area (TPSA) is 34.9 Å². The Hall–Kier alpha value is -1.12. The van der Waals surface area contributed by atoms with Gasteiger partial charge in [0.05, 0.1) is 11.9 Å². The summed E-state index contributed by atoms with van der Waals surface area (Å²) in [5.41, 5.74) is 2.41. The van der Waals surface area contributed by atoms with Gasteiger partial charge in [-0.1, -0.05) is 6.42 Å². The van der Waals surface area contributed by atoms with Gasteiger partial charge in [-0.2, -0.15) is 5.10 Å². The maximum Gasteiger partial charge on any atom is 0.243 e. The zero-order valence-corrected chi connectivity index (χ0v) is 7.92. The quantitative estimate of drug-likeness (QED) is 0.568. The minimum absolute atomic E-state index is 0.0307. The van der Waals surface area contributed by atoms with Crippen LogP contribution >= 0.6 is 0 Å². The molecule has 3 nitrogen and oxygen atoms in total. The van der Waals surface area contributed by atoms with Gasteiger partial charge in [0.2, 0.25) is 5.91 Å². The number of hydrogen-bond donors (Lipinski definition) is 0. The monoisotopic (exact) mass is 178 g/mol. The molecule has 0 atom stereocenters. The van der Waals surface area contributed by atoms with Crippen molar-refractivity contribution in [1.82, 2.24) is 9.78 Å². The molecule has 70 valence electrons. The van der Waals surface area contributed by atoms with Gasteiger partial charge in [0.25, 0.3) is 0 Å². The SMILES string of the molecule is CC(=O)n1ncc2c1CCCCC2. The van der Waals surface area contributed by atoms with E-state index in [-0.39, 0.29) is 5.91 Å². The molecular formula is C10H14N2O. The lowest BCUT2D eigenvalue weighted by Gasteiger charge is -2.01. The van der Waals surface area contributed by atoms with Crippen LogP contribution in [0, 0.1) is 0 Å². The number of hydrogen-bond acceptors (Lipinski definition) is 2. The van der Waals surface area contributed by atoms with Gasteiger partial charge in [0.15, 0.2) is 0 Å². The zero-order chi connectivity index (χ0) is 9.26. The summed E-state index contributed by atoms with van der Waals surface area (Å²) in [6.45, 7) is 1.57. The molecule has 1 aromatic heterocycles. The fourth-order valence-corrected chi connectivity index (χ4v) is 1.94. The largest absolute Gasteiger partial charge is 0.273 e. The van der Waals surface area contributed by atoms with Crippen LogP contribution < -0.4 is 0 Å². The highest BCUT2D eigenvalue weighted by Crippen LogP contribution is 2.19. The van der Waals surface area contributed by atoms with E-state index in [2.05, 4.69) is 5.10 Å². The molecule has 0 amide bonds. The summed E-state index contributed by atoms with van der Waals surface area (Å²) in [6, 6.07) is 0. The predicted octanol–water partition coefficient (Wildman–Crippen LogP) is 1.81. The van der Waals surface area contributed by atoms with Gasteiger partial charge < -0.3 is 0 Å². The van der Waals surface area contributed by atoms with Crippen molar-refractivity contribution in [2.45, 2.75) is 39.0 Å². The number of fused-ring (bicyclic) bond motifs is 1. The Morgan fingerprint density at radius 1 is 1.38 bits per heavy atom. The summed E-state index contributed by atoms with van der Waals surface area (Å²) in [6.07, 6.45) is 7.63. The average Bonchev–Trinajstić information content (AvgIpc) is 2.36. The highest BCUT2D eigenvalue weighted by Gasteiger charge is 2.15. The van der Waals surface area contributed by atoms with Crippen molar-refractivity contribution >= 4 is 5.91 Å². The van der Waals surface area contributed by atoms with Gasteiger partial charge in [-0.3, -0.25) is 4.79 Å². The van der Waals surface area contributed by atoms with Crippen LogP contribution in [0.25, 0.3) is 0 Å². The van der Waals surface area contributed by atoms with E-state index in [0.717, 1.165) is 18.5 Å². The van der Waals surface area contributed by atoms with Crippen LogP contribution in [0.4, 0.5) is 0 Å². The van der Waals surface area contributed by atoms with E-state index in [4.69, 9.17) is 0 Å². The molecule has 0 N–H and O–H groups in total. The fraction of sp³-hybridized carbons (Fsp3) is 0.600. The Morgan fingerprint density at radius 2 is 2.15 bits per heavy atom. The number of carbonyl (C=O) groups is 1. The van der Waals surface area contributed by atoms with Crippen molar-refractivity contribution in [3.63, 3.8) is 0 Å². The maximum atomic E-state index is 11.2. The zero-order valence-electron chi connectivity index (χ0n) is 7.92. The highest BCUT2D eigenvalue weighted by molar-refractivity contribution is 5.76.